The molecule has 1 aromatic carbocycles. The molecule has 3 aromatic rings. The van der Waals surface area contributed by atoms with Crippen molar-refractivity contribution in [3.05, 3.63) is 47.5 Å². The van der Waals surface area contributed by atoms with Crippen LogP contribution in [0.3, 0.4) is 0 Å². The molecular formula is C18H20FN5O2S2. The minimum Gasteiger partial charge on any atom is -0.480 e. The number of halogens is 1. The number of ether oxygens (including phenoxy) is 1. The molecule has 0 aliphatic heterocycles. The zero-order chi connectivity index (χ0) is 20.1. The van der Waals surface area contributed by atoms with E-state index in [2.05, 4.69) is 20.5 Å². The Morgan fingerprint density at radius 3 is 2.79 bits per heavy atom. The van der Waals surface area contributed by atoms with Crippen molar-refractivity contribution >= 4 is 34.1 Å². The summed E-state index contributed by atoms with van der Waals surface area (Å²) < 4.78 is 21.5. The summed E-state index contributed by atoms with van der Waals surface area (Å²) in [6.07, 6.45) is 1.12. The number of rotatable bonds is 8. The number of carbonyl (C=O) groups is 1. The molecular weight excluding hydrogens is 401 g/mol. The molecule has 0 spiro atoms. The summed E-state index contributed by atoms with van der Waals surface area (Å²) in [6, 6.07) is 6.27. The topological polar surface area (TPSA) is 81.9 Å². The number of hydrogen-bond donors (Lipinski definition) is 1. The van der Waals surface area contributed by atoms with Crippen LogP contribution in [-0.2, 0) is 4.79 Å². The number of amides is 1. The van der Waals surface area contributed by atoms with E-state index in [9.17, 15) is 9.18 Å². The summed E-state index contributed by atoms with van der Waals surface area (Å²) >= 11 is 2.64. The fourth-order valence-corrected chi connectivity index (χ4v) is 3.92. The quantitative estimate of drug-likeness (QED) is 0.545. The zero-order valence-corrected chi connectivity index (χ0v) is 17.3. The molecule has 0 aliphatic rings. The van der Waals surface area contributed by atoms with Crippen LogP contribution in [0, 0.1) is 5.82 Å². The van der Waals surface area contributed by atoms with Crippen LogP contribution >= 0.6 is 23.1 Å². The second-order valence-electron chi connectivity index (χ2n) is 6.17. The predicted molar refractivity (Wildman–Crippen MR) is 107 cm³/mol. The van der Waals surface area contributed by atoms with Crippen molar-refractivity contribution in [1.29, 1.82) is 0 Å². The van der Waals surface area contributed by atoms with Crippen LogP contribution in [0.1, 0.15) is 38.7 Å². The highest BCUT2D eigenvalue weighted by molar-refractivity contribution is 7.99. The maximum absolute atomic E-state index is 13.9. The lowest BCUT2D eigenvalue weighted by molar-refractivity contribution is -0.113. The van der Waals surface area contributed by atoms with E-state index in [1.807, 2.05) is 18.4 Å². The SMILES string of the molecule is CC(Oc1ccccc1F)c1nnc(SCC(=O)Nc2nccs2)n1C(C)C. The van der Waals surface area contributed by atoms with E-state index in [1.165, 1.54) is 29.2 Å². The van der Waals surface area contributed by atoms with Gasteiger partial charge in [-0.1, -0.05) is 23.9 Å². The first kappa shape index (κ1) is 20.3. The third-order valence-electron chi connectivity index (χ3n) is 3.72. The van der Waals surface area contributed by atoms with Gasteiger partial charge in [0.15, 0.2) is 33.8 Å². The van der Waals surface area contributed by atoms with E-state index in [0.717, 1.165) is 0 Å². The normalized spacial score (nSPS) is 12.2. The summed E-state index contributed by atoms with van der Waals surface area (Å²) in [5.74, 6) is 0.299. The minimum atomic E-state index is -0.509. The molecule has 10 heteroatoms. The largest absolute Gasteiger partial charge is 0.480 e. The number of carbonyl (C=O) groups excluding carboxylic acids is 1. The van der Waals surface area contributed by atoms with Gasteiger partial charge in [-0.05, 0) is 32.9 Å². The number of nitrogens with zero attached hydrogens (tertiary/aromatic N) is 4. The van der Waals surface area contributed by atoms with E-state index < -0.39 is 11.9 Å². The summed E-state index contributed by atoms with van der Waals surface area (Å²) in [5, 5.41) is 14.1. The first-order valence-electron chi connectivity index (χ1n) is 8.63. The van der Waals surface area contributed by atoms with Crippen LogP contribution in [0.5, 0.6) is 5.75 Å². The summed E-state index contributed by atoms with van der Waals surface area (Å²) in [6.45, 7) is 5.77. The van der Waals surface area contributed by atoms with Gasteiger partial charge >= 0.3 is 0 Å². The van der Waals surface area contributed by atoms with Crippen molar-refractivity contribution in [2.75, 3.05) is 11.1 Å². The van der Waals surface area contributed by atoms with E-state index in [1.54, 1.807) is 36.7 Å². The maximum atomic E-state index is 13.9. The van der Waals surface area contributed by atoms with Gasteiger partial charge in [-0.15, -0.1) is 21.5 Å². The first-order chi connectivity index (χ1) is 13.5. The third-order valence-corrected chi connectivity index (χ3v) is 5.35. The Hall–Kier alpha value is -2.46. The second-order valence-corrected chi connectivity index (χ2v) is 8.01. The van der Waals surface area contributed by atoms with Gasteiger partial charge in [-0.25, -0.2) is 9.37 Å². The average molecular weight is 422 g/mol. The number of nitrogens with one attached hydrogen (secondary N) is 1. The third kappa shape index (κ3) is 4.87. The predicted octanol–water partition coefficient (Wildman–Crippen LogP) is 4.33. The van der Waals surface area contributed by atoms with Crippen molar-refractivity contribution in [3.63, 3.8) is 0 Å². The van der Waals surface area contributed by atoms with Gasteiger partial charge in [0.05, 0.1) is 5.75 Å². The van der Waals surface area contributed by atoms with Crippen LogP contribution in [-0.4, -0.2) is 31.4 Å². The Morgan fingerprint density at radius 2 is 2.11 bits per heavy atom. The lowest BCUT2D eigenvalue weighted by Crippen LogP contribution is -2.16. The molecule has 1 atom stereocenters. The molecule has 0 bridgehead atoms. The van der Waals surface area contributed by atoms with Gasteiger partial charge in [-0.3, -0.25) is 4.79 Å². The van der Waals surface area contributed by atoms with Crippen molar-refractivity contribution in [2.45, 2.75) is 38.1 Å². The van der Waals surface area contributed by atoms with Gasteiger partial charge in [0.2, 0.25) is 5.91 Å². The fourth-order valence-electron chi connectivity index (χ4n) is 2.50. The van der Waals surface area contributed by atoms with Crippen molar-refractivity contribution in [3.8, 4) is 5.75 Å². The van der Waals surface area contributed by atoms with Crippen LogP contribution in [0.4, 0.5) is 9.52 Å². The smallest absolute Gasteiger partial charge is 0.236 e. The molecule has 2 aromatic heterocycles. The number of thiazole rings is 1. The lowest BCUT2D eigenvalue weighted by atomic mass is 10.3. The molecule has 28 heavy (non-hydrogen) atoms. The molecule has 0 saturated carbocycles. The van der Waals surface area contributed by atoms with E-state index in [4.69, 9.17) is 4.74 Å². The average Bonchev–Trinajstić information content (AvgIpc) is 3.31. The molecule has 0 saturated heterocycles. The number of benzene rings is 1. The molecule has 1 amide bonds. The number of thioether (sulfide) groups is 1. The summed E-state index contributed by atoms with van der Waals surface area (Å²) in [5.41, 5.74) is 0. The monoisotopic (exact) mass is 421 g/mol. The molecule has 0 fully saturated rings. The van der Waals surface area contributed by atoms with Gasteiger partial charge < -0.3 is 14.6 Å². The maximum Gasteiger partial charge on any atom is 0.236 e. The molecule has 1 unspecified atom stereocenters. The Kier molecular flexibility index (Phi) is 6.63. The first-order valence-corrected chi connectivity index (χ1v) is 10.5. The Labute approximate surface area is 170 Å². The van der Waals surface area contributed by atoms with Gasteiger partial charge in [0.25, 0.3) is 0 Å². The molecule has 148 valence electrons. The van der Waals surface area contributed by atoms with E-state index in [0.29, 0.717) is 16.1 Å². The number of hydrogen-bond acceptors (Lipinski definition) is 7. The van der Waals surface area contributed by atoms with Crippen LogP contribution < -0.4 is 10.1 Å². The second kappa shape index (κ2) is 9.16. The minimum absolute atomic E-state index is 0.0428. The standard InChI is InChI=1S/C18H20FN5O2S2/c1-11(2)24-16(12(3)26-14-7-5-4-6-13(14)19)22-23-18(24)28-10-15(25)21-17-20-8-9-27-17/h4-9,11-12H,10H2,1-3H3,(H,20,21,25). The number of para-hydroxylation sites is 1. The number of aromatic nitrogens is 4. The van der Waals surface area contributed by atoms with Gasteiger partial charge in [0, 0.05) is 17.6 Å². The van der Waals surface area contributed by atoms with Crippen LogP contribution in [0.2, 0.25) is 0 Å². The molecule has 1 N–H and O–H groups in total. The fraction of sp³-hybridized carbons (Fsp3) is 0.333. The lowest BCUT2D eigenvalue weighted by Gasteiger charge is -2.19. The van der Waals surface area contributed by atoms with Gasteiger partial charge in [0.1, 0.15) is 0 Å². The Morgan fingerprint density at radius 1 is 1.32 bits per heavy atom. The molecule has 3 rings (SSSR count). The number of anilines is 1. The van der Waals surface area contributed by atoms with Crippen LogP contribution in [0.15, 0.2) is 41.0 Å². The zero-order valence-electron chi connectivity index (χ0n) is 15.6. The van der Waals surface area contributed by atoms with Gasteiger partial charge in [-0.2, -0.15) is 0 Å². The Bertz CT molecular complexity index is 930. The van der Waals surface area contributed by atoms with E-state index >= 15 is 0 Å². The Balaban J connectivity index is 1.70. The highest BCUT2D eigenvalue weighted by Crippen LogP contribution is 2.28. The van der Waals surface area contributed by atoms with Crippen molar-refractivity contribution in [2.24, 2.45) is 0 Å². The van der Waals surface area contributed by atoms with Crippen molar-refractivity contribution in [1.82, 2.24) is 19.7 Å². The molecule has 2 heterocycles. The van der Waals surface area contributed by atoms with E-state index in [-0.39, 0.29) is 23.5 Å². The van der Waals surface area contributed by atoms with Crippen LogP contribution in [0.25, 0.3) is 0 Å². The molecule has 7 nitrogen and oxygen atoms in total. The summed E-state index contributed by atoms with van der Waals surface area (Å²) in [4.78, 5) is 16.1. The van der Waals surface area contributed by atoms with Crippen molar-refractivity contribution < 1.29 is 13.9 Å². The molecule has 0 radical (unpaired) electrons. The highest BCUT2D eigenvalue weighted by atomic mass is 32.2. The summed E-state index contributed by atoms with van der Waals surface area (Å²) in [7, 11) is 0. The molecule has 0 aliphatic carbocycles. The highest BCUT2D eigenvalue weighted by Gasteiger charge is 2.22.